The molecule has 5 heteroatoms. The highest BCUT2D eigenvalue weighted by Gasteiger charge is 2.64. The van der Waals surface area contributed by atoms with E-state index in [1.54, 1.807) is 6.07 Å². The molecule has 1 aromatic carbocycles. The summed E-state index contributed by atoms with van der Waals surface area (Å²) in [6, 6.07) is 4.51. The van der Waals surface area contributed by atoms with Crippen LogP contribution in [0.1, 0.15) is 19.3 Å². The average molecular weight is 362 g/mol. The Kier molecular flexibility index (Phi) is 4.67. The number of hydrogen-bond donors (Lipinski definition) is 1. The molecule has 0 spiro atoms. The van der Waals surface area contributed by atoms with Crippen LogP contribution in [-0.2, 0) is 4.74 Å². The van der Waals surface area contributed by atoms with Crippen molar-refractivity contribution in [3.63, 3.8) is 0 Å². The molecule has 0 radical (unpaired) electrons. The number of benzene rings is 1. The maximum Gasteiger partial charge on any atom is 0.154 e. The molecule has 1 saturated heterocycles. The SMILES string of the molecule is Fc1ccc(OC(C2=CCCC=CC=C2)C23CC2NCCO3)c(Cl)c1. The second kappa shape index (κ2) is 6.94. The van der Waals surface area contributed by atoms with Crippen LogP contribution in [-0.4, -0.2) is 30.9 Å². The van der Waals surface area contributed by atoms with Crippen LogP contribution < -0.4 is 10.1 Å². The molecule has 0 amide bonds. The molecule has 1 saturated carbocycles. The minimum atomic E-state index is -0.380. The van der Waals surface area contributed by atoms with E-state index in [-0.39, 0.29) is 28.6 Å². The molecular formula is C20H21ClFNO2. The third-order valence-corrected chi connectivity index (χ3v) is 5.25. The lowest BCUT2D eigenvalue weighted by molar-refractivity contribution is -0.0506. The maximum absolute atomic E-state index is 13.4. The molecular weight excluding hydrogens is 341 g/mol. The summed E-state index contributed by atoms with van der Waals surface area (Å²) in [6.45, 7) is 1.51. The van der Waals surface area contributed by atoms with Gasteiger partial charge in [0.1, 0.15) is 17.2 Å². The van der Waals surface area contributed by atoms with Crippen molar-refractivity contribution in [2.24, 2.45) is 0 Å². The number of rotatable bonds is 4. The third-order valence-electron chi connectivity index (χ3n) is 4.95. The number of hydrogen-bond acceptors (Lipinski definition) is 3. The van der Waals surface area contributed by atoms with Crippen molar-refractivity contribution >= 4 is 11.6 Å². The van der Waals surface area contributed by atoms with E-state index in [0.717, 1.165) is 31.4 Å². The van der Waals surface area contributed by atoms with Crippen molar-refractivity contribution in [1.29, 1.82) is 0 Å². The largest absolute Gasteiger partial charge is 0.481 e. The fourth-order valence-electron chi connectivity index (χ4n) is 3.60. The molecule has 3 unspecified atom stereocenters. The Morgan fingerprint density at radius 2 is 2.24 bits per heavy atom. The van der Waals surface area contributed by atoms with Gasteiger partial charge in [0, 0.05) is 19.0 Å². The molecule has 4 rings (SSSR count). The van der Waals surface area contributed by atoms with Crippen LogP contribution in [0, 0.1) is 5.82 Å². The monoisotopic (exact) mass is 361 g/mol. The van der Waals surface area contributed by atoms with Gasteiger partial charge in [-0.05, 0) is 36.6 Å². The van der Waals surface area contributed by atoms with Crippen LogP contribution >= 0.6 is 11.6 Å². The van der Waals surface area contributed by atoms with Gasteiger partial charge in [0.05, 0.1) is 11.6 Å². The highest BCUT2D eigenvalue weighted by atomic mass is 35.5. The molecule has 3 nitrogen and oxygen atoms in total. The summed E-state index contributed by atoms with van der Waals surface area (Å²) in [6.07, 6.45) is 13.1. The normalized spacial score (nSPS) is 29.2. The van der Waals surface area contributed by atoms with Gasteiger partial charge in [-0.25, -0.2) is 4.39 Å². The summed E-state index contributed by atoms with van der Waals surface area (Å²) < 4.78 is 25.9. The molecule has 1 aliphatic heterocycles. The van der Waals surface area contributed by atoms with E-state index in [0.29, 0.717) is 12.4 Å². The number of morpholine rings is 1. The van der Waals surface area contributed by atoms with Crippen molar-refractivity contribution in [2.45, 2.75) is 37.0 Å². The number of allylic oxidation sites excluding steroid dienone is 4. The Morgan fingerprint density at radius 1 is 1.32 bits per heavy atom. The first-order valence-electron chi connectivity index (χ1n) is 8.71. The molecule has 25 heavy (non-hydrogen) atoms. The van der Waals surface area contributed by atoms with Crippen molar-refractivity contribution in [3.05, 3.63) is 65.0 Å². The standard InChI is InChI=1S/C20H21ClFNO2/c21-16-12-15(22)8-9-17(16)25-19(14-6-4-2-1-3-5-7-14)20-13-18(20)23-10-11-24-20/h1-2,4,6-9,12,18-19,23H,3,5,10-11,13H2. The summed E-state index contributed by atoms with van der Waals surface area (Å²) in [5, 5.41) is 3.77. The molecule has 2 fully saturated rings. The van der Waals surface area contributed by atoms with Gasteiger partial charge in [0.2, 0.25) is 0 Å². The zero-order valence-corrected chi connectivity index (χ0v) is 14.6. The molecule has 3 atom stereocenters. The van der Waals surface area contributed by atoms with Gasteiger partial charge in [0.15, 0.2) is 6.10 Å². The second-order valence-corrected chi connectivity index (χ2v) is 7.06. The van der Waals surface area contributed by atoms with Crippen molar-refractivity contribution < 1.29 is 13.9 Å². The van der Waals surface area contributed by atoms with E-state index in [1.807, 2.05) is 6.08 Å². The van der Waals surface area contributed by atoms with Gasteiger partial charge >= 0.3 is 0 Å². The van der Waals surface area contributed by atoms with Gasteiger partial charge in [0.25, 0.3) is 0 Å². The van der Waals surface area contributed by atoms with Crippen molar-refractivity contribution in [3.8, 4) is 5.75 Å². The summed E-state index contributed by atoms with van der Waals surface area (Å²) in [5.74, 6) is 0.108. The van der Waals surface area contributed by atoms with Crippen LogP contribution in [0.15, 0.2) is 54.2 Å². The molecule has 132 valence electrons. The Morgan fingerprint density at radius 3 is 3.08 bits per heavy atom. The van der Waals surface area contributed by atoms with Crippen LogP contribution in [0.2, 0.25) is 5.02 Å². The van der Waals surface area contributed by atoms with Gasteiger partial charge in [-0.15, -0.1) is 0 Å². The molecule has 1 aromatic rings. The predicted octanol–water partition coefficient (Wildman–Crippen LogP) is 4.19. The smallest absolute Gasteiger partial charge is 0.154 e. The van der Waals surface area contributed by atoms with Crippen molar-refractivity contribution in [1.82, 2.24) is 5.32 Å². The fraction of sp³-hybridized carbons (Fsp3) is 0.400. The summed E-state index contributed by atoms with van der Waals surface area (Å²) in [7, 11) is 0. The first-order valence-corrected chi connectivity index (χ1v) is 9.09. The molecule has 1 N–H and O–H groups in total. The van der Waals surface area contributed by atoms with E-state index in [2.05, 4.69) is 29.6 Å². The first-order chi connectivity index (χ1) is 12.2. The number of nitrogens with one attached hydrogen (secondary N) is 1. The molecule has 0 aromatic heterocycles. The quantitative estimate of drug-likeness (QED) is 0.872. The lowest BCUT2D eigenvalue weighted by Gasteiger charge is -2.33. The van der Waals surface area contributed by atoms with Gasteiger partial charge in [-0.1, -0.05) is 42.0 Å². The van der Waals surface area contributed by atoms with E-state index in [1.165, 1.54) is 12.1 Å². The van der Waals surface area contributed by atoms with Gasteiger partial charge < -0.3 is 14.8 Å². The second-order valence-electron chi connectivity index (χ2n) is 6.66. The van der Waals surface area contributed by atoms with E-state index < -0.39 is 0 Å². The van der Waals surface area contributed by atoms with E-state index in [4.69, 9.17) is 21.1 Å². The topological polar surface area (TPSA) is 30.5 Å². The number of halogens is 2. The lowest BCUT2D eigenvalue weighted by Crippen LogP contribution is -2.48. The van der Waals surface area contributed by atoms with Gasteiger partial charge in [-0.3, -0.25) is 0 Å². The minimum absolute atomic E-state index is 0.276. The molecule has 0 bridgehead atoms. The first kappa shape index (κ1) is 16.8. The fourth-order valence-corrected chi connectivity index (χ4v) is 3.81. The highest BCUT2D eigenvalue weighted by Crippen LogP contribution is 2.49. The minimum Gasteiger partial charge on any atom is -0.481 e. The van der Waals surface area contributed by atoms with Crippen LogP contribution in [0.25, 0.3) is 0 Å². The Bertz CT molecular complexity index is 745. The van der Waals surface area contributed by atoms with Crippen LogP contribution in [0.4, 0.5) is 4.39 Å². The lowest BCUT2D eigenvalue weighted by atomic mass is 9.97. The Balaban J connectivity index is 1.67. The summed E-state index contributed by atoms with van der Waals surface area (Å²) >= 11 is 6.20. The maximum atomic E-state index is 13.4. The van der Waals surface area contributed by atoms with Crippen LogP contribution in [0.3, 0.4) is 0 Å². The zero-order chi connectivity index (χ0) is 17.3. The number of ether oxygens (including phenoxy) is 2. The van der Waals surface area contributed by atoms with Gasteiger partial charge in [-0.2, -0.15) is 0 Å². The molecule has 1 heterocycles. The van der Waals surface area contributed by atoms with E-state index >= 15 is 0 Å². The zero-order valence-electron chi connectivity index (χ0n) is 13.9. The summed E-state index contributed by atoms with van der Waals surface area (Å²) in [5.41, 5.74) is 0.700. The van der Waals surface area contributed by atoms with Crippen LogP contribution in [0.5, 0.6) is 5.75 Å². The predicted molar refractivity (Wildman–Crippen MR) is 96.5 cm³/mol. The summed E-state index contributed by atoms with van der Waals surface area (Å²) in [4.78, 5) is 0. The average Bonchev–Trinajstić information content (AvgIpc) is 3.30. The Labute approximate surface area is 152 Å². The van der Waals surface area contributed by atoms with E-state index in [9.17, 15) is 4.39 Å². The molecule has 3 aliphatic rings. The number of fused-ring (bicyclic) bond motifs is 1. The molecule has 2 aliphatic carbocycles. The third kappa shape index (κ3) is 3.39. The van der Waals surface area contributed by atoms with Crippen molar-refractivity contribution in [2.75, 3.05) is 13.2 Å². The Hall–Kier alpha value is -1.62. The highest BCUT2D eigenvalue weighted by molar-refractivity contribution is 6.32.